The Labute approximate surface area is 211 Å². The van der Waals surface area contributed by atoms with E-state index < -0.39 is 0 Å². The summed E-state index contributed by atoms with van der Waals surface area (Å²) < 4.78 is 2.08. The highest BCUT2D eigenvalue weighted by Gasteiger charge is 2.31. The average Bonchev–Trinajstić information content (AvgIpc) is 3.59. The van der Waals surface area contributed by atoms with Crippen LogP contribution in [0.15, 0.2) is 58.9 Å². The number of nitrogens with one attached hydrogen (secondary N) is 1. The number of imidazole rings is 1. The second kappa shape index (κ2) is 9.35. The zero-order valence-corrected chi connectivity index (χ0v) is 21.4. The molecule has 2 aromatic carbocycles. The molecule has 8 nitrogen and oxygen atoms in total. The van der Waals surface area contributed by atoms with E-state index in [2.05, 4.69) is 59.0 Å². The monoisotopic (exact) mass is 484 g/mol. The van der Waals surface area contributed by atoms with Crippen LogP contribution in [-0.4, -0.2) is 40.3 Å². The van der Waals surface area contributed by atoms with Gasteiger partial charge in [0, 0.05) is 40.9 Å². The minimum absolute atomic E-state index is 0.0410. The number of aliphatic imine (C=N–C) groups is 2. The first-order chi connectivity index (χ1) is 17.2. The third-order valence-corrected chi connectivity index (χ3v) is 6.90. The molecule has 1 aromatic heterocycles. The van der Waals surface area contributed by atoms with E-state index in [1.807, 2.05) is 42.8 Å². The van der Waals surface area contributed by atoms with Crippen LogP contribution in [0, 0.1) is 6.92 Å². The maximum Gasteiger partial charge on any atom is 0.328 e. The molecule has 36 heavy (non-hydrogen) atoms. The summed E-state index contributed by atoms with van der Waals surface area (Å²) in [6.07, 6.45) is 6.48. The predicted octanol–water partition coefficient (Wildman–Crippen LogP) is 3.06. The first kappa shape index (κ1) is 23.9. The molecule has 2 aliphatic rings. The number of guanidine groups is 1. The number of amides is 1. The highest BCUT2D eigenvalue weighted by Crippen LogP contribution is 2.39. The van der Waals surface area contributed by atoms with E-state index in [0.717, 1.165) is 34.6 Å². The SMILES string of the molecule is CC[NH2+]C(=Nc1ccc2c(c1)C(C)(C)CNC2=O)/N=C(\N)c1ccc(-n2cnc(C3CC3)c2)c(C)c1. The van der Waals surface area contributed by atoms with Gasteiger partial charge in [-0.05, 0) is 74.2 Å². The molecular weight excluding hydrogens is 450 g/mol. The number of amidine groups is 1. The summed E-state index contributed by atoms with van der Waals surface area (Å²) in [6, 6.07) is 11.8. The number of quaternary nitrogens is 1. The summed E-state index contributed by atoms with van der Waals surface area (Å²) in [4.78, 5) is 26.3. The standard InChI is InChI=1S/C28H33N7O/c1-5-30-27(33-20-9-10-21-22(13-20)28(3,4)15-31-26(21)36)34-25(29)19-8-11-24(17(2)12-19)35-14-23(32-16-35)18-6-7-18/h8-14,16,18H,5-7,15H2,1-4H3,(H,31,36)(H3,29,30,33,34)/p+1. The van der Waals surface area contributed by atoms with Crippen molar-refractivity contribution in [3.05, 3.63) is 76.9 Å². The van der Waals surface area contributed by atoms with Crippen LogP contribution in [0.1, 0.15) is 72.3 Å². The summed E-state index contributed by atoms with van der Waals surface area (Å²) >= 11 is 0. The van der Waals surface area contributed by atoms with Crippen molar-refractivity contribution in [1.29, 1.82) is 0 Å². The maximum atomic E-state index is 12.3. The van der Waals surface area contributed by atoms with Crippen LogP contribution in [0.5, 0.6) is 0 Å². The first-order valence-corrected chi connectivity index (χ1v) is 12.6. The molecule has 0 bridgehead atoms. The number of hydrogen-bond acceptors (Lipinski definition) is 3. The van der Waals surface area contributed by atoms with E-state index in [9.17, 15) is 4.79 Å². The number of hydrogen-bond donors (Lipinski definition) is 3. The molecule has 5 N–H and O–H groups in total. The van der Waals surface area contributed by atoms with Gasteiger partial charge >= 0.3 is 5.96 Å². The fraction of sp³-hybridized carbons (Fsp3) is 0.357. The Hall–Kier alpha value is -3.78. The topological polar surface area (TPSA) is 114 Å². The molecule has 2 heterocycles. The summed E-state index contributed by atoms with van der Waals surface area (Å²) in [5.41, 5.74) is 12.9. The van der Waals surface area contributed by atoms with Crippen LogP contribution in [0.4, 0.5) is 5.69 Å². The lowest BCUT2D eigenvalue weighted by Gasteiger charge is -2.32. The number of benzene rings is 2. The van der Waals surface area contributed by atoms with Gasteiger partial charge in [0.1, 0.15) is 5.84 Å². The minimum Gasteiger partial charge on any atom is -0.383 e. The molecule has 0 atom stereocenters. The van der Waals surface area contributed by atoms with Crippen LogP contribution in [0.2, 0.25) is 0 Å². The van der Waals surface area contributed by atoms with Gasteiger partial charge in [-0.2, -0.15) is 9.98 Å². The van der Waals surface area contributed by atoms with E-state index >= 15 is 0 Å². The first-order valence-electron chi connectivity index (χ1n) is 12.6. The normalized spacial score (nSPS) is 17.6. The number of rotatable bonds is 5. The van der Waals surface area contributed by atoms with Crippen molar-refractivity contribution in [2.45, 2.75) is 51.9 Å². The summed E-state index contributed by atoms with van der Waals surface area (Å²) in [5, 5.41) is 4.91. The van der Waals surface area contributed by atoms with Crippen molar-refractivity contribution in [2.24, 2.45) is 15.7 Å². The lowest BCUT2D eigenvalue weighted by atomic mass is 9.79. The number of aromatic nitrogens is 2. The van der Waals surface area contributed by atoms with Gasteiger partial charge in [-0.3, -0.25) is 10.1 Å². The van der Waals surface area contributed by atoms with Crippen LogP contribution in [-0.2, 0) is 5.41 Å². The van der Waals surface area contributed by atoms with Gasteiger partial charge in [-0.15, -0.1) is 0 Å². The van der Waals surface area contributed by atoms with Crippen LogP contribution >= 0.6 is 0 Å². The number of carbonyl (C=O) groups excluding carboxylic acids is 1. The predicted molar refractivity (Wildman–Crippen MR) is 142 cm³/mol. The molecule has 1 amide bonds. The Kier molecular flexibility index (Phi) is 6.22. The van der Waals surface area contributed by atoms with Gasteiger partial charge in [0.25, 0.3) is 5.91 Å². The Balaban J connectivity index is 1.42. The molecule has 0 spiro atoms. The molecule has 0 radical (unpaired) electrons. The number of carbonyl (C=O) groups is 1. The van der Waals surface area contributed by atoms with E-state index in [-0.39, 0.29) is 11.3 Å². The molecule has 3 aromatic rings. The van der Waals surface area contributed by atoms with Gasteiger partial charge in [0.2, 0.25) is 0 Å². The van der Waals surface area contributed by atoms with Crippen molar-refractivity contribution in [1.82, 2.24) is 14.9 Å². The molecule has 8 heteroatoms. The molecular formula is C28H34N7O+. The Bertz CT molecular complexity index is 1380. The van der Waals surface area contributed by atoms with Crippen LogP contribution < -0.4 is 16.4 Å². The lowest BCUT2D eigenvalue weighted by Crippen LogP contribution is -2.87. The number of aryl methyl sites for hydroxylation is 1. The quantitative estimate of drug-likeness (QED) is 0.382. The summed E-state index contributed by atoms with van der Waals surface area (Å²) in [6.45, 7) is 9.73. The lowest BCUT2D eigenvalue weighted by molar-refractivity contribution is -0.537. The molecule has 1 aliphatic heterocycles. The van der Waals surface area contributed by atoms with Crippen LogP contribution in [0.3, 0.4) is 0 Å². The highest BCUT2D eigenvalue weighted by atomic mass is 16.1. The molecule has 1 aliphatic carbocycles. The van der Waals surface area contributed by atoms with Crippen molar-refractivity contribution < 1.29 is 10.1 Å². The summed E-state index contributed by atoms with van der Waals surface area (Å²) in [7, 11) is 0. The highest BCUT2D eigenvalue weighted by molar-refractivity contribution is 6.03. The second-order valence-corrected chi connectivity index (χ2v) is 10.4. The van der Waals surface area contributed by atoms with Gasteiger partial charge in [-0.1, -0.05) is 13.8 Å². The van der Waals surface area contributed by atoms with Crippen molar-refractivity contribution in [3.8, 4) is 5.69 Å². The Morgan fingerprint density at radius 2 is 2.06 bits per heavy atom. The van der Waals surface area contributed by atoms with Crippen molar-refractivity contribution in [3.63, 3.8) is 0 Å². The zero-order valence-electron chi connectivity index (χ0n) is 21.4. The van der Waals surface area contributed by atoms with E-state index in [4.69, 9.17) is 10.7 Å². The number of nitrogens with two attached hydrogens (primary N) is 2. The van der Waals surface area contributed by atoms with Crippen molar-refractivity contribution >= 4 is 23.4 Å². The van der Waals surface area contributed by atoms with E-state index in [1.165, 1.54) is 18.5 Å². The zero-order chi connectivity index (χ0) is 25.4. The Morgan fingerprint density at radius 3 is 2.78 bits per heavy atom. The van der Waals surface area contributed by atoms with Gasteiger partial charge in [0.05, 0.1) is 24.3 Å². The molecule has 1 saturated carbocycles. The number of fused-ring (bicyclic) bond motifs is 1. The second-order valence-electron chi connectivity index (χ2n) is 10.4. The molecule has 5 rings (SSSR count). The molecule has 186 valence electrons. The van der Waals surface area contributed by atoms with Gasteiger partial charge < -0.3 is 15.6 Å². The van der Waals surface area contributed by atoms with Crippen molar-refractivity contribution in [2.75, 3.05) is 13.1 Å². The van der Waals surface area contributed by atoms with E-state index in [1.54, 1.807) is 0 Å². The Morgan fingerprint density at radius 1 is 1.25 bits per heavy atom. The summed E-state index contributed by atoms with van der Waals surface area (Å²) in [5.74, 6) is 1.55. The smallest absolute Gasteiger partial charge is 0.328 e. The third-order valence-electron chi connectivity index (χ3n) is 6.90. The largest absolute Gasteiger partial charge is 0.383 e. The van der Waals surface area contributed by atoms with Gasteiger partial charge in [0.15, 0.2) is 0 Å². The molecule has 0 unspecified atom stereocenters. The maximum absolute atomic E-state index is 12.3. The van der Waals surface area contributed by atoms with Gasteiger partial charge in [-0.25, -0.2) is 4.98 Å². The fourth-order valence-electron chi connectivity index (χ4n) is 4.63. The number of nitrogens with zero attached hydrogens (tertiary/aromatic N) is 4. The van der Waals surface area contributed by atoms with E-state index in [0.29, 0.717) is 29.8 Å². The molecule has 1 fully saturated rings. The van der Waals surface area contributed by atoms with Crippen LogP contribution in [0.25, 0.3) is 5.69 Å². The average molecular weight is 485 g/mol. The minimum atomic E-state index is -0.167. The fourth-order valence-corrected chi connectivity index (χ4v) is 4.63. The molecule has 0 saturated heterocycles. The third kappa shape index (κ3) is 4.81.